The Bertz CT molecular complexity index is 1030. The van der Waals surface area contributed by atoms with Gasteiger partial charge in [-0.1, -0.05) is 54.1 Å². The molecule has 3 aromatic rings. The van der Waals surface area contributed by atoms with Crippen LogP contribution in [0.3, 0.4) is 0 Å². The molecule has 1 amide bonds. The number of nitro benzene ring substituents is 1. The van der Waals surface area contributed by atoms with Crippen LogP contribution < -0.4 is 10.1 Å². The molecule has 0 aliphatic heterocycles. The van der Waals surface area contributed by atoms with Crippen molar-refractivity contribution >= 4 is 28.9 Å². The van der Waals surface area contributed by atoms with Crippen molar-refractivity contribution in [3.05, 3.63) is 99.1 Å². The predicted molar refractivity (Wildman–Crippen MR) is 109 cm³/mol. The molecule has 0 aliphatic rings. The van der Waals surface area contributed by atoms with E-state index in [-0.39, 0.29) is 11.4 Å². The topological polar surface area (TPSA) is 102 Å². The molecule has 0 bridgehead atoms. The summed E-state index contributed by atoms with van der Waals surface area (Å²) in [6.07, 6.45) is -0.999. The summed E-state index contributed by atoms with van der Waals surface area (Å²) >= 11 is 6.06. The van der Waals surface area contributed by atoms with Crippen LogP contribution in [-0.4, -0.2) is 22.5 Å². The van der Waals surface area contributed by atoms with Gasteiger partial charge in [0.15, 0.2) is 12.4 Å². The lowest BCUT2D eigenvalue weighted by Gasteiger charge is -2.17. The smallest absolute Gasteiger partial charge is 0.310 e. The highest BCUT2D eigenvalue weighted by atomic mass is 35.5. The Morgan fingerprint density at radius 1 is 1.10 bits per heavy atom. The van der Waals surface area contributed by atoms with Crippen molar-refractivity contribution in [3.63, 3.8) is 0 Å². The van der Waals surface area contributed by atoms with Gasteiger partial charge in [0.25, 0.3) is 5.91 Å². The molecule has 148 valence electrons. The van der Waals surface area contributed by atoms with Crippen molar-refractivity contribution in [2.24, 2.45) is 0 Å². The number of rotatable bonds is 7. The number of hydrogen-bond acceptors (Lipinski definition) is 5. The standard InChI is InChI=1S/C21H17ClN2O5/c22-15-10-11-17(16(12-15)21(26)14-6-2-1-3-7-14)23-20(25)13-29-19-9-5-4-8-18(19)24(27)28/h1-12,21,26H,13H2,(H,23,25). The number of carbonyl (C=O) groups is 1. The second-order valence-electron chi connectivity index (χ2n) is 6.11. The number of para-hydroxylation sites is 2. The number of anilines is 1. The minimum Gasteiger partial charge on any atom is -0.477 e. The first kappa shape index (κ1) is 20.3. The molecule has 3 aromatic carbocycles. The van der Waals surface area contributed by atoms with E-state index in [0.717, 1.165) is 0 Å². The van der Waals surface area contributed by atoms with Gasteiger partial charge >= 0.3 is 5.69 Å². The number of amides is 1. The molecule has 0 radical (unpaired) electrons. The van der Waals surface area contributed by atoms with Crippen LogP contribution in [0.15, 0.2) is 72.8 Å². The first-order valence-electron chi connectivity index (χ1n) is 8.64. The summed E-state index contributed by atoms with van der Waals surface area (Å²) in [4.78, 5) is 22.8. The molecule has 1 atom stereocenters. The first-order valence-corrected chi connectivity index (χ1v) is 9.02. The molecular weight excluding hydrogens is 396 g/mol. The first-order chi connectivity index (χ1) is 14.0. The van der Waals surface area contributed by atoms with Gasteiger partial charge < -0.3 is 15.2 Å². The highest BCUT2D eigenvalue weighted by Gasteiger charge is 2.18. The van der Waals surface area contributed by atoms with Crippen LogP contribution in [0.5, 0.6) is 5.75 Å². The molecular formula is C21H17ClN2O5. The summed E-state index contributed by atoms with van der Waals surface area (Å²) < 4.78 is 5.30. The number of hydrogen-bond donors (Lipinski definition) is 2. The highest BCUT2D eigenvalue weighted by molar-refractivity contribution is 6.30. The van der Waals surface area contributed by atoms with Gasteiger partial charge in [0.05, 0.1) is 4.92 Å². The van der Waals surface area contributed by atoms with E-state index in [4.69, 9.17) is 16.3 Å². The average Bonchev–Trinajstić information content (AvgIpc) is 2.73. The van der Waals surface area contributed by atoms with E-state index >= 15 is 0 Å². The summed E-state index contributed by atoms with van der Waals surface area (Å²) in [6, 6.07) is 19.5. The van der Waals surface area contributed by atoms with Gasteiger partial charge in [0.2, 0.25) is 0 Å². The largest absolute Gasteiger partial charge is 0.477 e. The Hall–Kier alpha value is -3.42. The Balaban J connectivity index is 1.75. The summed E-state index contributed by atoms with van der Waals surface area (Å²) in [7, 11) is 0. The van der Waals surface area contributed by atoms with Gasteiger partial charge in [-0.05, 0) is 29.8 Å². The zero-order valence-electron chi connectivity index (χ0n) is 15.1. The molecule has 2 N–H and O–H groups in total. The number of carbonyl (C=O) groups excluding carboxylic acids is 1. The Labute approximate surface area is 171 Å². The number of halogens is 1. The van der Waals surface area contributed by atoms with Crippen molar-refractivity contribution in [3.8, 4) is 5.75 Å². The van der Waals surface area contributed by atoms with E-state index in [1.807, 2.05) is 6.07 Å². The minimum atomic E-state index is -0.999. The Morgan fingerprint density at radius 2 is 1.79 bits per heavy atom. The predicted octanol–water partition coefficient (Wildman–Crippen LogP) is 4.35. The SMILES string of the molecule is O=C(COc1ccccc1[N+](=O)[O-])Nc1ccc(Cl)cc1C(O)c1ccccc1. The number of aliphatic hydroxyl groups excluding tert-OH is 1. The molecule has 8 heteroatoms. The lowest BCUT2D eigenvalue weighted by molar-refractivity contribution is -0.385. The van der Waals surface area contributed by atoms with Gasteiger partial charge in [-0.2, -0.15) is 0 Å². The third-order valence-electron chi connectivity index (χ3n) is 4.12. The summed E-state index contributed by atoms with van der Waals surface area (Å²) in [5.41, 5.74) is 1.19. The number of benzene rings is 3. The van der Waals surface area contributed by atoms with Gasteiger partial charge in [-0.3, -0.25) is 14.9 Å². The summed E-state index contributed by atoms with van der Waals surface area (Å²) in [5, 5.41) is 24.8. The van der Waals surface area contributed by atoms with Crippen molar-refractivity contribution in [1.82, 2.24) is 0 Å². The van der Waals surface area contributed by atoms with Crippen molar-refractivity contribution in [1.29, 1.82) is 0 Å². The maximum absolute atomic E-state index is 12.3. The molecule has 0 fully saturated rings. The molecule has 0 heterocycles. The second-order valence-corrected chi connectivity index (χ2v) is 6.54. The quantitative estimate of drug-likeness (QED) is 0.443. The van der Waals surface area contributed by atoms with Crippen LogP contribution in [-0.2, 0) is 4.79 Å². The maximum atomic E-state index is 12.3. The third kappa shape index (κ3) is 5.10. The molecule has 7 nitrogen and oxygen atoms in total. The van der Waals surface area contributed by atoms with E-state index in [2.05, 4.69) is 5.32 Å². The zero-order valence-corrected chi connectivity index (χ0v) is 15.9. The van der Waals surface area contributed by atoms with Gasteiger partial charge in [-0.15, -0.1) is 0 Å². The fraction of sp³-hybridized carbons (Fsp3) is 0.0952. The van der Waals surface area contributed by atoms with Crippen molar-refractivity contribution in [2.75, 3.05) is 11.9 Å². The molecule has 0 aliphatic carbocycles. The van der Waals surface area contributed by atoms with Crippen LogP contribution in [0, 0.1) is 10.1 Å². The number of ether oxygens (including phenoxy) is 1. The fourth-order valence-corrected chi connectivity index (χ4v) is 2.93. The second kappa shape index (κ2) is 9.18. The third-order valence-corrected chi connectivity index (χ3v) is 4.35. The van der Waals surface area contributed by atoms with Gasteiger partial charge in [0, 0.05) is 22.3 Å². The Kier molecular flexibility index (Phi) is 6.43. The van der Waals surface area contributed by atoms with E-state index in [9.17, 15) is 20.0 Å². The minimum absolute atomic E-state index is 0.00620. The van der Waals surface area contributed by atoms with Crippen LogP contribution in [0.4, 0.5) is 11.4 Å². The molecule has 0 saturated carbocycles. The maximum Gasteiger partial charge on any atom is 0.310 e. The van der Waals surface area contributed by atoms with E-state index in [0.29, 0.717) is 21.8 Å². The van der Waals surface area contributed by atoms with Crippen LogP contribution >= 0.6 is 11.6 Å². The molecule has 3 rings (SSSR count). The van der Waals surface area contributed by atoms with E-state index in [1.54, 1.807) is 48.5 Å². The van der Waals surface area contributed by atoms with Crippen molar-refractivity contribution in [2.45, 2.75) is 6.10 Å². The van der Waals surface area contributed by atoms with Gasteiger partial charge in [-0.25, -0.2) is 0 Å². The number of nitrogens with zero attached hydrogens (tertiary/aromatic N) is 1. The van der Waals surface area contributed by atoms with E-state index in [1.165, 1.54) is 18.2 Å². The normalized spacial score (nSPS) is 11.5. The zero-order chi connectivity index (χ0) is 20.8. The molecule has 1 unspecified atom stereocenters. The average molecular weight is 413 g/mol. The van der Waals surface area contributed by atoms with Crippen molar-refractivity contribution < 1.29 is 19.6 Å². The fourth-order valence-electron chi connectivity index (χ4n) is 2.75. The lowest BCUT2D eigenvalue weighted by Crippen LogP contribution is -2.21. The van der Waals surface area contributed by atoms with Gasteiger partial charge in [0.1, 0.15) is 6.10 Å². The lowest BCUT2D eigenvalue weighted by atomic mass is 10.00. The molecule has 0 saturated heterocycles. The number of nitrogens with one attached hydrogen (secondary N) is 1. The molecule has 0 spiro atoms. The molecule has 29 heavy (non-hydrogen) atoms. The van der Waals surface area contributed by atoms with Crippen LogP contribution in [0.1, 0.15) is 17.2 Å². The number of aliphatic hydroxyl groups is 1. The summed E-state index contributed by atoms with van der Waals surface area (Å²) in [6.45, 7) is -0.436. The summed E-state index contributed by atoms with van der Waals surface area (Å²) in [5.74, 6) is -0.541. The van der Waals surface area contributed by atoms with Crippen LogP contribution in [0.2, 0.25) is 5.02 Å². The highest BCUT2D eigenvalue weighted by Crippen LogP contribution is 2.31. The monoisotopic (exact) mass is 412 g/mol. The molecule has 0 aromatic heterocycles. The number of nitro groups is 1. The van der Waals surface area contributed by atoms with Crippen LogP contribution in [0.25, 0.3) is 0 Å². The van der Waals surface area contributed by atoms with E-state index < -0.39 is 23.5 Å². The Morgan fingerprint density at radius 3 is 2.52 bits per heavy atom.